The predicted octanol–water partition coefficient (Wildman–Crippen LogP) is 2.13. The van der Waals surface area contributed by atoms with Crippen LogP contribution in [0.3, 0.4) is 0 Å². The Morgan fingerprint density at radius 1 is 1.17 bits per heavy atom. The van der Waals surface area contributed by atoms with Crippen molar-refractivity contribution in [1.29, 1.82) is 0 Å². The molecule has 2 fully saturated rings. The van der Waals surface area contributed by atoms with Crippen LogP contribution in [0.2, 0.25) is 0 Å². The third-order valence-electron chi connectivity index (χ3n) is 5.44. The molecule has 6 heteroatoms. The molecule has 3 unspecified atom stereocenters. The van der Waals surface area contributed by atoms with E-state index in [0.29, 0.717) is 31.3 Å². The van der Waals surface area contributed by atoms with E-state index in [0.717, 1.165) is 24.8 Å². The minimum atomic E-state index is -0.967. The van der Waals surface area contributed by atoms with Gasteiger partial charge in [-0.3, -0.25) is 0 Å². The number of hydrogen-bond acceptors (Lipinski definition) is 3. The maximum Gasteiger partial charge on any atom is 0.335 e. The fraction of sp³-hybridized carbons (Fsp3) is 0.556. The van der Waals surface area contributed by atoms with Gasteiger partial charge in [0, 0.05) is 13.1 Å². The second kappa shape index (κ2) is 6.81. The molecule has 0 heterocycles. The number of urea groups is 1. The Balaban J connectivity index is 1.38. The lowest BCUT2D eigenvalue weighted by molar-refractivity contribution is -0.0193. The van der Waals surface area contributed by atoms with E-state index in [1.165, 1.54) is 18.6 Å². The van der Waals surface area contributed by atoms with E-state index in [1.807, 2.05) is 0 Å². The molecule has 4 N–H and O–H groups in total. The van der Waals surface area contributed by atoms with E-state index in [1.54, 1.807) is 12.1 Å². The van der Waals surface area contributed by atoms with E-state index < -0.39 is 11.6 Å². The zero-order valence-electron chi connectivity index (χ0n) is 13.6. The van der Waals surface area contributed by atoms with Gasteiger partial charge in [0.25, 0.3) is 0 Å². The van der Waals surface area contributed by atoms with E-state index in [4.69, 9.17) is 5.11 Å². The highest BCUT2D eigenvalue weighted by Crippen LogP contribution is 2.51. The molecule has 130 valence electrons. The second-order valence-electron chi connectivity index (χ2n) is 7.05. The maximum atomic E-state index is 11.8. The number of fused-ring (bicyclic) bond motifs is 2. The molecule has 0 aliphatic heterocycles. The zero-order valence-corrected chi connectivity index (χ0v) is 13.6. The van der Waals surface area contributed by atoms with Gasteiger partial charge in [0.15, 0.2) is 0 Å². The number of aliphatic hydroxyl groups is 1. The molecule has 2 saturated carbocycles. The second-order valence-corrected chi connectivity index (χ2v) is 7.05. The van der Waals surface area contributed by atoms with Crippen LogP contribution in [-0.4, -0.2) is 34.4 Å². The fourth-order valence-corrected chi connectivity index (χ4v) is 4.12. The molecule has 3 rings (SSSR count). The van der Waals surface area contributed by atoms with Crippen molar-refractivity contribution in [3.8, 4) is 0 Å². The van der Waals surface area contributed by atoms with Gasteiger partial charge < -0.3 is 20.8 Å². The SMILES string of the molecule is O=C(NCCC1(O)CC2CCC1C2)NCc1ccc(C(=O)O)cc1. The molecular weight excluding hydrogens is 308 g/mol. The number of amides is 2. The quantitative estimate of drug-likeness (QED) is 0.641. The summed E-state index contributed by atoms with van der Waals surface area (Å²) >= 11 is 0. The summed E-state index contributed by atoms with van der Waals surface area (Å²) in [6.07, 6.45) is 4.96. The smallest absolute Gasteiger partial charge is 0.335 e. The summed E-state index contributed by atoms with van der Waals surface area (Å²) in [4.78, 5) is 22.6. The average Bonchev–Trinajstić information content (AvgIpc) is 3.13. The molecule has 2 aliphatic carbocycles. The molecule has 1 aromatic rings. The van der Waals surface area contributed by atoms with Gasteiger partial charge >= 0.3 is 12.0 Å². The van der Waals surface area contributed by atoms with Crippen LogP contribution in [0.4, 0.5) is 4.79 Å². The average molecular weight is 332 g/mol. The van der Waals surface area contributed by atoms with Gasteiger partial charge in [-0.05, 0) is 61.6 Å². The highest BCUT2D eigenvalue weighted by atomic mass is 16.4. The summed E-state index contributed by atoms with van der Waals surface area (Å²) in [5.41, 5.74) is 0.465. The van der Waals surface area contributed by atoms with Crippen LogP contribution in [0, 0.1) is 11.8 Å². The van der Waals surface area contributed by atoms with Crippen LogP contribution in [0.1, 0.15) is 48.0 Å². The van der Waals surface area contributed by atoms with Crippen molar-refractivity contribution in [3.63, 3.8) is 0 Å². The van der Waals surface area contributed by atoms with Crippen LogP contribution >= 0.6 is 0 Å². The number of benzene rings is 1. The van der Waals surface area contributed by atoms with Crippen molar-refractivity contribution in [1.82, 2.24) is 10.6 Å². The number of carbonyl (C=O) groups is 2. The monoisotopic (exact) mass is 332 g/mol. The summed E-state index contributed by atoms with van der Waals surface area (Å²) in [5.74, 6) is 0.105. The van der Waals surface area contributed by atoms with Gasteiger partial charge in [-0.25, -0.2) is 9.59 Å². The predicted molar refractivity (Wildman–Crippen MR) is 88.7 cm³/mol. The van der Waals surface area contributed by atoms with E-state index in [9.17, 15) is 14.7 Å². The van der Waals surface area contributed by atoms with E-state index >= 15 is 0 Å². The summed E-state index contributed by atoms with van der Waals surface area (Å²) in [6.45, 7) is 0.796. The first-order valence-corrected chi connectivity index (χ1v) is 8.52. The van der Waals surface area contributed by atoms with Crippen molar-refractivity contribution in [2.45, 2.75) is 44.2 Å². The Morgan fingerprint density at radius 3 is 2.50 bits per heavy atom. The van der Waals surface area contributed by atoms with Gasteiger partial charge in [-0.2, -0.15) is 0 Å². The zero-order chi connectivity index (χ0) is 17.2. The van der Waals surface area contributed by atoms with Gasteiger partial charge in [0.1, 0.15) is 0 Å². The lowest BCUT2D eigenvalue weighted by Crippen LogP contribution is -2.41. The van der Waals surface area contributed by atoms with Crippen LogP contribution in [0.5, 0.6) is 0 Å². The molecule has 1 aromatic carbocycles. The summed E-state index contributed by atoms with van der Waals surface area (Å²) in [5, 5.41) is 25.0. The lowest BCUT2D eigenvalue weighted by Gasteiger charge is -2.32. The normalized spacial score (nSPS) is 27.9. The van der Waals surface area contributed by atoms with Gasteiger partial charge in [0.2, 0.25) is 0 Å². The first-order valence-electron chi connectivity index (χ1n) is 8.52. The minimum Gasteiger partial charge on any atom is -0.478 e. The minimum absolute atomic E-state index is 0.224. The number of aromatic carboxylic acids is 1. The summed E-state index contributed by atoms with van der Waals surface area (Å²) < 4.78 is 0. The Labute approximate surface area is 141 Å². The fourth-order valence-electron chi connectivity index (χ4n) is 4.12. The van der Waals surface area contributed by atoms with Crippen LogP contribution in [0.25, 0.3) is 0 Å². The topological polar surface area (TPSA) is 98.7 Å². The Morgan fingerprint density at radius 2 is 1.92 bits per heavy atom. The molecule has 6 nitrogen and oxygen atoms in total. The Bertz CT molecular complexity index is 616. The standard InChI is InChI=1S/C18H24N2O4/c21-16(22)14-4-1-12(2-5-14)11-20-17(23)19-8-7-18(24)10-13-3-6-15(18)9-13/h1-2,4-5,13,15,24H,3,6-11H2,(H,21,22)(H2,19,20,23). The highest BCUT2D eigenvalue weighted by molar-refractivity contribution is 5.87. The highest BCUT2D eigenvalue weighted by Gasteiger charge is 2.49. The van der Waals surface area contributed by atoms with Crippen molar-refractivity contribution in [2.24, 2.45) is 11.8 Å². The third-order valence-corrected chi connectivity index (χ3v) is 5.44. The van der Waals surface area contributed by atoms with Gasteiger partial charge in [0.05, 0.1) is 11.2 Å². The maximum absolute atomic E-state index is 11.8. The third kappa shape index (κ3) is 3.70. The van der Waals surface area contributed by atoms with Crippen molar-refractivity contribution in [2.75, 3.05) is 6.54 Å². The lowest BCUT2D eigenvalue weighted by atomic mass is 9.82. The first kappa shape index (κ1) is 16.8. The molecule has 2 bridgehead atoms. The van der Waals surface area contributed by atoms with E-state index in [-0.39, 0.29) is 11.6 Å². The number of carboxylic acid groups (broad SMARTS) is 1. The molecule has 0 saturated heterocycles. The molecule has 3 atom stereocenters. The largest absolute Gasteiger partial charge is 0.478 e. The van der Waals surface area contributed by atoms with E-state index in [2.05, 4.69) is 10.6 Å². The summed E-state index contributed by atoms with van der Waals surface area (Å²) in [7, 11) is 0. The number of hydrogen-bond donors (Lipinski definition) is 4. The van der Waals surface area contributed by atoms with Gasteiger partial charge in [-0.1, -0.05) is 12.1 Å². The van der Waals surface area contributed by atoms with Crippen molar-refractivity contribution in [3.05, 3.63) is 35.4 Å². The molecule has 2 aliphatic rings. The Kier molecular flexibility index (Phi) is 4.76. The van der Waals surface area contributed by atoms with Crippen LogP contribution in [-0.2, 0) is 6.54 Å². The first-order chi connectivity index (χ1) is 11.5. The molecule has 2 amide bonds. The molecule has 0 spiro atoms. The molecular formula is C18H24N2O4. The van der Waals surface area contributed by atoms with Crippen molar-refractivity contribution >= 4 is 12.0 Å². The Hall–Kier alpha value is -2.08. The summed E-state index contributed by atoms with van der Waals surface area (Å²) in [6, 6.07) is 6.12. The molecule has 24 heavy (non-hydrogen) atoms. The van der Waals surface area contributed by atoms with Crippen LogP contribution < -0.4 is 10.6 Å². The van der Waals surface area contributed by atoms with Crippen LogP contribution in [0.15, 0.2) is 24.3 Å². The number of rotatable bonds is 6. The number of nitrogens with one attached hydrogen (secondary N) is 2. The molecule has 0 radical (unpaired) electrons. The molecule has 0 aromatic heterocycles. The number of carboxylic acids is 1. The van der Waals surface area contributed by atoms with Gasteiger partial charge in [-0.15, -0.1) is 0 Å². The van der Waals surface area contributed by atoms with Crippen molar-refractivity contribution < 1.29 is 19.8 Å². The number of carbonyl (C=O) groups excluding carboxylic acids is 1.